The van der Waals surface area contributed by atoms with Gasteiger partial charge in [-0.3, -0.25) is 4.79 Å². The fourth-order valence-corrected chi connectivity index (χ4v) is 2.27. The van der Waals surface area contributed by atoms with Gasteiger partial charge >= 0.3 is 0 Å². The normalized spacial score (nSPS) is 15.7. The lowest BCUT2D eigenvalue weighted by Gasteiger charge is -2.13. The first-order valence-corrected chi connectivity index (χ1v) is 7.94. The molecule has 3 N–H and O–H groups in total. The lowest BCUT2D eigenvalue weighted by atomic mass is 10.1. The summed E-state index contributed by atoms with van der Waals surface area (Å²) in [6.07, 6.45) is 5.86. The van der Waals surface area contributed by atoms with Crippen molar-refractivity contribution in [2.75, 3.05) is 6.54 Å². The average molecular weight is 290 g/mol. The molecular formula is C17H26N2O2. The van der Waals surface area contributed by atoms with Crippen LogP contribution in [0.25, 0.3) is 0 Å². The average Bonchev–Trinajstić information content (AvgIpc) is 3.27. The third kappa shape index (κ3) is 6.63. The van der Waals surface area contributed by atoms with E-state index >= 15 is 0 Å². The Bertz CT molecular complexity index is 441. The van der Waals surface area contributed by atoms with Gasteiger partial charge in [-0.1, -0.05) is 12.1 Å². The summed E-state index contributed by atoms with van der Waals surface area (Å²) in [7, 11) is 0. The van der Waals surface area contributed by atoms with E-state index < -0.39 is 0 Å². The van der Waals surface area contributed by atoms with E-state index in [2.05, 4.69) is 17.6 Å². The van der Waals surface area contributed by atoms with Gasteiger partial charge < -0.3 is 15.7 Å². The largest absolute Gasteiger partial charge is 0.508 e. The molecular weight excluding hydrogens is 264 g/mol. The molecule has 21 heavy (non-hydrogen) atoms. The van der Waals surface area contributed by atoms with E-state index in [1.165, 1.54) is 5.56 Å². The van der Waals surface area contributed by atoms with Crippen LogP contribution in [0.5, 0.6) is 5.75 Å². The molecule has 2 rings (SSSR count). The second-order valence-corrected chi connectivity index (χ2v) is 6.01. The van der Waals surface area contributed by atoms with Crippen molar-refractivity contribution < 1.29 is 9.90 Å². The van der Waals surface area contributed by atoms with Gasteiger partial charge in [0.05, 0.1) is 0 Å². The van der Waals surface area contributed by atoms with E-state index in [1.807, 2.05) is 12.1 Å². The van der Waals surface area contributed by atoms with Crippen LogP contribution in [-0.2, 0) is 11.2 Å². The summed E-state index contributed by atoms with van der Waals surface area (Å²) < 4.78 is 0. The van der Waals surface area contributed by atoms with Gasteiger partial charge in [0.15, 0.2) is 0 Å². The topological polar surface area (TPSA) is 61.4 Å². The van der Waals surface area contributed by atoms with Gasteiger partial charge in [0, 0.05) is 18.5 Å². The number of aromatic hydroxyl groups is 1. The van der Waals surface area contributed by atoms with Crippen molar-refractivity contribution in [1.29, 1.82) is 0 Å². The van der Waals surface area contributed by atoms with Crippen LogP contribution in [0.15, 0.2) is 24.3 Å². The molecule has 1 atom stereocenters. The molecule has 4 nitrogen and oxygen atoms in total. The van der Waals surface area contributed by atoms with E-state index in [1.54, 1.807) is 12.1 Å². The molecule has 0 heterocycles. The summed E-state index contributed by atoms with van der Waals surface area (Å²) in [5.41, 5.74) is 1.24. The van der Waals surface area contributed by atoms with E-state index in [9.17, 15) is 9.90 Å². The molecule has 116 valence electrons. The summed E-state index contributed by atoms with van der Waals surface area (Å²) in [6.45, 7) is 3.06. The number of nitrogens with one attached hydrogen (secondary N) is 2. The third-order valence-corrected chi connectivity index (χ3v) is 3.82. The van der Waals surface area contributed by atoms with Gasteiger partial charge in [-0.15, -0.1) is 0 Å². The Morgan fingerprint density at radius 1 is 1.33 bits per heavy atom. The molecule has 1 saturated carbocycles. The van der Waals surface area contributed by atoms with Crippen molar-refractivity contribution in [1.82, 2.24) is 10.6 Å². The smallest absolute Gasteiger partial charge is 0.220 e. The number of hydrogen-bond acceptors (Lipinski definition) is 3. The van der Waals surface area contributed by atoms with Crippen molar-refractivity contribution in [3.8, 4) is 5.75 Å². The molecule has 4 heteroatoms. The maximum absolute atomic E-state index is 11.5. The lowest BCUT2D eigenvalue weighted by Crippen LogP contribution is -2.30. The minimum Gasteiger partial charge on any atom is -0.508 e. The highest BCUT2D eigenvalue weighted by Gasteiger charge is 2.22. The minimum atomic E-state index is 0.191. The zero-order valence-corrected chi connectivity index (χ0v) is 12.8. The van der Waals surface area contributed by atoms with Crippen LogP contribution >= 0.6 is 0 Å². The van der Waals surface area contributed by atoms with Gasteiger partial charge in [0.2, 0.25) is 5.91 Å². The second-order valence-electron chi connectivity index (χ2n) is 6.01. The Labute approximate surface area is 126 Å². The summed E-state index contributed by atoms with van der Waals surface area (Å²) >= 11 is 0. The fraction of sp³-hybridized carbons (Fsp3) is 0.588. The third-order valence-electron chi connectivity index (χ3n) is 3.82. The molecule has 0 spiro atoms. The predicted molar refractivity (Wildman–Crippen MR) is 84.3 cm³/mol. The van der Waals surface area contributed by atoms with E-state index in [0.29, 0.717) is 24.3 Å². The Hall–Kier alpha value is -1.55. The van der Waals surface area contributed by atoms with Gasteiger partial charge in [-0.2, -0.15) is 0 Å². The van der Waals surface area contributed by atoms with Gasteiger partial charge in [-0.25, -0.2) is 0 Å². The molecule has 0 radical (unpaired) electrons. The van der Waals surface area contributed by atoms with Crippen LogP contribution in [0.2, 0.25) is 0 Å². The number of phenolic OH excluding ortho intramolecular Hbond substituents is 1. The maximum Gasteiger partial charge on any atom is 0.220 e. The zero-order chi connectivity index (χ0) is 15.1. The van der Waals surface area contributed by atoms with E-state index in [4.69, 9.17) is 0 Å². The molecule has 1 aliphatic carbocycles. The molecule has 1 aliphatic rings. The predicted octanol–water partition coefficient (Wildman–Crippen LogP) is 2.36. The van der Waals surface area contributed by atoms with Crippen molar-refractivity contribution in [2.24, 2.45) is 0 Å². The number of phenols is 1. The summed E-state index contributed by atoms with van der Waals surface area (Å²) in [6, 6.07) is 8.28. The monoisotopic (exact) mass is 290 g/mol. The summed E-state index contributed by atoms with van der Waals surface area (Å²) in [5.74, 6) is 0.505. The molecule has 0 aliphatic heterocycles. The number of hydrogen-bond donors (Lipinski definition) is 3. The number of benzene rings is 1. The lowest BCUT2D eigenvalue weighted by molar-refractivity contribution is -0.121. The molecule has 0 aromatic heterocycles. The van der Waals surface area contributed by atoms with Gasteiger partial charge in [0.1, 0.15) is 5.75 Å². The number of carbonyl (C=O) groups excluding carboxylic acids is 1. The molecule has 0 saturated heterocycles. The maximum atomic E-state index is 11.5. The number of aryl methyl sites for hydroxylation is 1. The van der Waals surface area contributed by atoms with Crippen molar-refractivity contribution in [3.05, 3.63) is 29.8 Å². The van der Waals surface area contributed by atoms with Gasteiger partial charge in [-0.05, 0) is 63.3 Å². The highest BCUT2D eigenvalue weighted by atomic mass is 16.3. The van der Waals surface area contributed by atoms with Crippen LogP contribution in [0.1, 0.15) is 44.6 Å². The summed E-state index contributed by atoms with van der Waals surface area (Å²) in [4.78, 5) is 11.5. The highest BCUT2D eigenvalue weighted by Crippen LogP contribution is 2.18. The van der Waals surface area contributed by atoms with E-state index in [0.717, 1.165) is 38.6 Å². The van der Waals surface area contributed by atoms with Crippen molar-refractivity contribution >= 4 is 5.91 Å². The fourth-order valence-electron chi connectivity index (χ4n) is 2.27. The first kappa shape index (κ1) is 15.8. The standard InChI is InChI=1S/C17H26N2O2/c1-13(4-5-14-6-10-16(20)11-7-14)18-12-2-3-17(21)19-15-8-9-15/h6-7,10-11,13,15,18,20H,2-5,8-9,12H2,1H3,(H,19,21). The Morgan fingerprint density at radius 3 is 2.71 bits per heavy atom. The molecule has 1 fully saturated rings. The molecule has 1 aromatic rings. The first-order chi connectivity index (χ1) is 10.1. The van der Waals surface area contributed by atoms with E-state index in [-0.39, 0.29) is 5.91 Å². The molecule has 0 bridgehead atoms. The summed E-state index contributed by atoms with van der Waals surface area (Å²) in [5, 5.41) is 15.7. The number of carbonyl (C=O) groups is 1. The first-order valence-electron chi connectivity index (χ1n) is 7.94. The van der Waals surface area contributed by atoms with Crippen LogP contribution in [0, 0.1) is 0 Å². The Morgan fingerprint density at radius 2 is 2.05 bits per heavy atom. The Kier molecular flexibility index (Phi) is 6.05. The van der Waals surface area contributed by atoms with Crippen LogP contribution in [-0.4, -0.2) is 29.6 Å². The molecule has 1 unspecified atom stereocenters. The van der Waals surface area contributed by atoms with Gasteiger partial charge in [0.25, 0.3) is 0 Å². The highest BCUT2D eigenvalue weighted by molar-refractivity contribution is 5.76. The van der Waals surface area contributed by atoms with Crippen LogP contribution in [0.3, 0.4) is 0 Å². The second kappa shape index (κ2) is 8.03. The van der Waals surface area contributed by atoms with Crippen molar-refractivity contribution in [3.63, 3.8) is 0 Å². The van der Waals surface area contributed by atoms with Crippen LogP contribution in [0.4, 0.5) is 0 Å². The van der Waals surface area contributed by atoms with Crippen molar-refractivity contribution in [2.45, 2.75) is 57.5 Å². The molecule has 1 aromatic carbocycles. The number of amides is 1. The quantitative estimate of drug-likeness (QED) is 0.612. The number of rotatable bonds is 9. The minimum absolute atomic E-state index is 0.191. The zero-order valence-electron chi connectivity index (χ0n) is 12.8. The molecule has 1 amide bonds. The Balaban J connectivity index is 1.51. The van der Waals surface area contributed by atoms with Crippen LogP contribution < -0.4 is 10.6 Å². The SMILES string of the molecule is CC(CCc1ccc(O)cc1)NCCCC(=O)NC1CC1.